The second-order valence-corrected chi connectivity index (χ2v) is 6.56. The van der Waals surface area contributed by atoms with Crippen molar-refractivity contribution >= 4 is 27.3 Å². The van der Waals surface area contributed by atoms with Crippen LogP contribution in [0.3, 0.4) is 0 Å². The van der Waals surface area contributed by atoms with Gasteiger partial charge >= 0.3 is 0 Å². The van der Waals surface area contributed by atoms with Gasteiger partial charge < -0.3 is 5.73 Å². The van der Waals surface area contributed by atoms with Gasteiger partial charge in [0.25, 0.3) is 10.0 Å². The second-order valence-electron chi connectivity index (χ2n) is 4.48. The van der Waals surface area contributed by atoms with Gasteiger partial charge in [-0.25, -0.2) is 12.8 Å². The molecule has 21 heavy (non-hydrogen) atoms. The van der Waals surface area contributed by atoms with Gasteiger partial charge in [-0.2, -0.15) is 0 Å². The summed E-state index contributed by atoms with van der Waals surface area (Å²) < 4.78 is 40.5. The molecule has 0 unspecified atom stereocenters. The Kier molecular flexibility index (Phi) is 4.51. The Labute approximate surface area is 127 Å². The molecule has 2 aromatic rings. The minimum Gasteiger partial charge on any atom is -0.326 e. The molecule has 0 fully saturated rings. The molecule has 0 saturated heterocycles. The summed E-state index contributed by atoms with van der Waals surface area (Å²) in [4.78, 5) is -0.0521. The van der Waals surface area contributed by atoms with Crippen LogP contribution in [0.4, 0.5) is 10.1 Å². The van der Waals surface area contributed by atoms with Crippen LogP contribution in [0.5, 0.6) is 0 Å². The molecule has 0 spiro atoms. The maximum absolute atomic E-state index is 13.4. The Morgan fingerprint density at radius 1 is 1.29 bits per heavy atom. The van der Waals surface area contributed by atoms with E-state index >= 15 is 0 Å². The summed E-state index contributed by atoms with van der Waals surface area (Å²) in [6, 6.07) is 8.41. The highest BCUT2D eigenvalue weighted by molar-refractivity contribution is 7.92. The van der Waals surface area contributed by atoms with E-state index in [9.17, 15) is 12.8 Å². The Hall–Kier alpha value is -1.63. The maximum atomic E-state index is 13.4. The van der Waals surface area contributed by atoms with Gasteiger partial charge in [0.1, 0.15) is 5.82 Å². The monoisotopic (exact) mass is 328 g/mol. The first-order chi connectivity index (χ1) is 9.85. The molecule has 0 aliphatic carbocycles. The van der Waals surface area contributed by atoms with E-state index in [1.165, 1.54) is 12.1 Å². The van der Waals surface area contributed by atoms with Gasteiger partial charge in [-0.05, 0) is 42.8 Å². The van der Waals surface area contributed by atoms with E-state index in [4.69, 9.17) is 17.3 Å². The predicted molar refractivity (Wildman–Crippen MR) is 81.3 cm³/mol. The van der Waals surface area contributed by atoms with Crippen molar-refractivity contribution < 1.29 is 12.8 Å². The number of rotatable bonds is 4. The predicted octanol–water partition coefficient (Wildman–Crippen LogP) is 3.05. The molecular weight excluding hydrogens is 315 g/mol. The van der Waals surface area contributed by atoms with Gasteiger partial charge in [0.15, 0.2) is 0 Å². The van der Waals surface area contributed by atoms with E-state index in [1.807, 2.05) is 0 Å². The Morgan fingerprint density at radius 2 is 2.00 bits per heavy atom. The molecule has 2 rings (SSSR count). The van der Waals surface area contributed by atoms with Crippen molar-refractivity contribution in [1.29, 1.82) is 0 Å². The average molecular weight is 329 g/mol. The fourth-order valence-corrected chi connectivity index (χ4v) is 3.14. The molecule has 0 bridgehead atoms. The van der Waals surface area contributed by atoms with Gasteiger partial charge in [-0.1, -0.05) is 17.7 Å². The first-order valence-electron chi connectivity index (χ1n) is 6.11. The summed E-state index contributed by atoms with van der Waals surface area (Å²) in [5.41, 5.74) is 6.52. The minimum absolute atomic E-state index is 0.0521. The molecule has 3 N–H and O–H groups in total. The lowest BCUT2D eigenvalue weighted by atomic mass is 10.2. The van der Waals surface area contributed by atoms with Crippen LogP contribution in [0, 0.1) is 12.7 Å². The van der Waals surface area contributed by atoms with Crippen molar-refractivity contribution in [2.24, 2.45) is 5.73 Å². The highest BCUT2D eigenvalue weighted by Crippen LogP contribution is 2.26. The number of hydrogen-bond acceptors (Lipinski definition) is 3. The summed E-state index contributed by atoms with van der Waals surface area (Å²) in [6.07, 6.45) is 0. The smallest absolute Gasteiger partial charge is 0.261 e. The zero-order valence-corrected chi connectivity index (χ0v) is 12.8. The van der Waals surface area contributed by atoms with Crippen molar-refractivity contribution in [3.8, 4) is 0 Å². The lowest BCUT2D eigenvalue weighted by molar-refractivity contribution is 0.596. The van der Waals surface area contributed by atoms with Crippen LogP contribution in [0.2, 0.25) is 5.02 Å². The normalized spacial score (nSPS) is 11.4. The van der Waals surface area contributed by atoms with Gasteiger partial charge in [-0.15, -0.1) is 0 Å². The standard InChI is InChI=1S/C14H14ClFN2O2S/c1-9-12(15)3-2-4-14(9)18-21(19,20)11-5-6-13(16)10(7-11)8-17/h2-7,18H,8,17H2,1H3. The maximum Gasteiger partial charge on any atom is 0.261 e. The lowest BCUT2D eigenvalue weighted by Gasteiger charge is -2.12. The molecule has 0 aliphatic rings. The Balaban J connectivity index is 2.41. The number of nitrogens with one attached hydrogen (secondary N) is 1. The molecule has 112 valence electrons. The summed E-state index contributed by atoms with van der Waals surface area (Å²) in [6.45, 7) is 1.63. The number of sulfonamides is 1. The van der Waals surface area contributed by atoms with Crippen LogP contribution < -0.4 is 10.5 Å². The molecule has 2 aromatic carbocycles. The van der Waals surface area contributed by atoms with Crippen LogP contribution >= 0.6 is 11.6 Å². The lowest BCUT2D eigenvalue weighted by Crippen LogP contribution is -2.15. The molecule has 0 aliphatic heterocycles. The number of anilines is 1. The molecule has 0 saturated carbocycles. The topological polar surface area (TPSA) is 72.2 Å². The third kappa shape index (κ3) is 3.34. The third-order valence-corrected chi connectivity index (χ3v) is 4.83. The summed E-state index contributed by atoms with van der Waals surface area (Å²) >= 11 is 5.96. The SMILES string of the molecule is Cc1c(Cl)cccc1NS(=O)(=O)c1ccc(F)c(CN)c1. The molecule has 4 nitrogen and oxygen atoms in total. The molecule has 0 atom stereocenters. The quantitative estimate of drug-likeness (QED) is 0.906. The van der Waals surface area contributed by atoms with Crippen molar-refractivity contribution in [2.75, 3.05) is 4.72 Å². The second kappa shape index (κ2) is 6.01. The van der Waals surface area contributed by atoms with Crippen LogP contribution in [0.1, 0.15) is 11.1 Å². The first-order valence-corrected chi connectivity index (χ1v) is 7.97. The first kappa shape index (κ1) is 15.8. The van der Waals surface area contributed by atoms with E-state index in [0.717, 1.165) is 6.07 Å². The third-order valence-electron chi connectivity index (χ3n) is 3.06. The van der Waals surface area contributed by atoms with Crippen molar-refractivity contribution in [3.05, 3.63) is 58.4 Å². The summed E-state index contributed by atoms with van der Waals surface area (Å²) in [5, 5.41) is 0.456. The summed E-state index contributed by atoms with van der Waals surface area (Å²) in [5.74, 6) is -0.532. The largest absolute Gasteiger partial charge is 0.326 e. The number of nitrogens with two attached hydrogens (primary N) is 1. The Morgan fingerprint density at radius 3 is 2.67 bits per heavy atom. The van der Waals surface area contributed by atoms with Gasteiger partial charge in [0, 0.05) is 17.1 Å². The van der Waals surface area contributed by atoms with E-state index in [-0.39, 0.29) is 17.0 Å². The van der Waals surface area contributed by atoms with E-state index in [2.05, 4.69) is 4.72 Å². The highest BCUT2D eigenvalue weighted by Gasteiger charge is 2.17. The van der Waals surface area contributed by atoms with Crippen LogP contribution in [0.15, 0.2) is 41.3 Å². The molecule has 0 heterocycles. The zero-order chi connectivity index (χ0) is 15.6. The van der Waals surface area contributed by atoms with Crippen molar-refractivity contribution in [2.45, 2.75) is 18.4 Å². The molecular formula is C14H14ClFN2O2S. The fourth-order valence-electron chi connectivity index (χ4n) is 1.80. The van der Waals surface area contributed by atoms with E-state index in [1.54, 1.807) is 25.1 Å². The highest BCUT2D eigenvalue weighted by atomic mass is 35.5. The van der Waals surface area contributed by atoms with Crippen molar-refractivity contribution in [3.63, 3.8) is 0 Å². The average Bonchev–Trinajstić information content (AvgIpc) is 2.44. The van der Waals surface area contributed by atoms with Crippen LogP contribution in [-0.2, 0) is 16.6 Å². The van der Waals surface area contributed by atoms with Crippen molar-refractivity contribution in [1.82, 2.24) is 0 Å². The van der Waals surface area contributed by atoms with Crippen LogP contribution in [-0.4, -0.2) is 8.42 Å². The molecule has 0 radical (unpaired) electrons. The molecule has 0 amide bonds. The van der Waals surface area contributed by atoms with Gasteiger partial charge in [0.2, 0.25) is 0 Å². The van der Waals surface area contributed by atoms with Crippen LogP contribution in [0.25, 0.3) is 0 Å². The molecule has 7 heteroatoms. The zero-order valence-electron chi connectivity index (χ0n) is 11.2. The summed E-state index contributed by atoms with van der Waals surface area (Å²) in [7, 11) is -3.83. The van der Waals surface area contributed by atoms with Gasteiger partial charge in [-0.3, -0.25) is 4.72 Å². The van der Waals surface area contributed by atoms with Gasteiger partial charge in [0.05, 0.1) is 10.6 Å². The number of halogens is 2. The molecule has 0 aromatic heterocycles. The number of hydrogen-bond donors (Lipinski definition) is 2. The fraction of sp³-hybridized carbons (Fsp3) is 0.143. The van der Waals surface area contributed by atoms with E-state index < -0.39 is 15.8 Å². The Bertz CT molecular complexity index is 779. The van der Waals surface area contributed by atoms with E-state index in [0.29, 0.717) is 16.3 Å². The number of benzene rings is 2. The minimum atomic E-state index is -3.83.